The van der Waals surface area contributed by atoms with Crippen LogP contribution >= 0.6 is 0 Å². The molecule has 1 saturated carbocycles. The van der Waals surface area contributed by atoms with E-state index in [1.807, 2.05) is 6.07 Å². The van der Waals surface area contributed by atoms with Crippen molar-refractivity contribution in [1.82, 2.24) is 10.2 Å². The van der Waals surface area contributed by atoms with Gasteiger partial charge in [0.1, 0.15) is 0 Å². The summed E-state index contributed by atoms with van der Waals surface area (Å²) in [6.45, 7) is 3.33. The fourth-order valence-corrected chi connectivity index (χ4v) is 3.78. The molecule has 2 atom stereocenters. The van der Waals surface area contributed by atoms with Crippen molar-refractivity contribution < 1.29 is 9.90 Å². The molecule has 3 rings (SSSR count). The molecule has 0 aromatic heterocycles. The van der Waals surface area contributed by atoms with E-state index in [-0.39, 0.29) is 24.0 Å². The Morgan fingerprint density at radius 1 is 1.17 bits per heavy atom. The number of likely N-dealkylation sites (tertiary alicyclic amines) is 1. The van der Waals surface area contributed by atoms with Crippen molar-refractivity contribution in [3.63, 3.8) is 0 Å². The monoisotopic (exact) mass is 331 g/mol. The minimum atomic E-state index is -0.145. The highest BCUT2D eigenvalue weighted by Crippen LogP contribution is 2.24. The second-order valence-electron chi connectivity index (χ2n) is 7.26. The lowest BCUT2D eigenvalue weighted by Crippen LogP contribution is -2.36. The van der Waals surface area contributed by atoms with Gasteiger partial charge in [-0.25, -0.2) is 0 Å². The maximum absolute atomic E-state index is 12.3. The van der Waals surface area contributed by atoms with Crippen molar-refractivity contribution in [3.05, 3.63) is 35.4 Å². The van der Waals surface area contributed by atoms with Gasteiger partial charge in [-0.2, -0.15) is 0 Å². The summed E-state index contributed by atoms with van der Waals surface area (Å²) in [6, 6.07) is 8.49. The van der Waals surface area contributed by atoms with Gasteiger partial charge >= 0.3 is 0 Å². The minimum Gasteiger partial charge on any atom is -0.393 e. The summed E-state index contributed by atoms with van der Waals surface area (Å²) in [6.07, 6.45) is 4.22. The average molecular weight is 331 g/mol. The van der Waals surface area contributed by atoms with Crippen LogP contribution in [0.4, 0.5) is 0 Å². The van der Waals surface area contributed by atoms with Crippen LogP contribution in [0.25, 0.3) is 0 Å². The Balaban J connectivity index is 1.55. The van der Waals surface area contributed by atoms with Gasteiger partial charge < -0.3 is 16.2 Å². The quantitative estimate of drug-likeness (QED) is 0.762. The average Bonchev–Trinajstić information content (AvgIpc) is 3.02. The van der Waals surface area contributed by atoms with Gasteiger partial charge in [0.15, 0.2) is 0 Å². The smallest absolute Gasteiger partial charge is 0.223 e. The third-order valence-corrected chi connectivity index (χ3v) is 5.37. The molecule has 1 amide bonds. The molecule has 4 N–H and O–H groups in total. The third kappa shape index (κ3) is 4.56. The van der Waals surface area contributed by atoms with E-state index in [0.29, 0.717) is 6.54 Å². The van der Waals surface area contributed by atoms with Crippen LogP contribution in [0.5, 0.6) is 0 Å². The van der Waals surface area contributed by atoms with Crippen LogP contribution in [0.1, 0.15) is 43.2 Å². The van der Waals surface area contributed by atoms with Crippen LogP contribution in [0.3, 0.4) is 0 Å². The molecule has 1 saturated heterocycles. The number of nitrogens with one attached hydrogen (secondary N) is 1. The second kappa shape index (κ2) is 8.10. The SMILES string of the molecule is NC1CCC(C(=O)NCc2ccccc2CN2CCC(O)CC2)C1. The van der Waals surface area contributed by atoms with Gasteiger partial charge in [-0.15, -0.1) is 0 Å². The van der Waals surface area contributed by atoms with Crippen molar-refractivity contribution in [2.24, 2.45) is 11.7 Å². The van der Waals surface area contributed by atoms with Gasteiger partial charge in [-0.3, -0.25) is 9.69 Å². The Morgan fingerprint density at radius 2 is 1.88 bits per heavy atom. The van der Waals surface area contributed by atoms with Gasteiger partial charge in [-0.05, 0) is 43.2 Å². The van der Waals surface area contributed by atoms with Crippen LogP contribution in [-0.4, -0.2) is 41.1 Å². The van der Waals surface area contributed by atoms with E-state index in [1.54, 1.807) is 0 Å². The number of aliphatic hydroxyl groups is 1. The first-order valence-electron chi connectivity index (χ1n) is 9.12. The first kappa shape index (κ1) is 17.4. The minimum absolute atomic E-state index is 0.0794. The summed E-state index contributed by atoms with van der Waals surface area (Å²) >= 11 is 0. The van der Waals surface area contributed by atoms with Crippen LogP contribution < -0.4 is 11.1 Å². The van der Waals surface area contributed by atoms with E-state index in [0.717, 1.165) is 51.7 Å². The zero-order valence-corrected chi connectivity index (χ0v) is 14.3. The molecule has 0 spiro atoms. The maximum atomic E-state index is 12.3. The van der Waals surface area contributed by atoms with Crippen molar-refractivity contribution in [1.29, 1.82) is 0 Å². The van der Waals surface area contributed by atoms with Crippen LogP contribution in [0, 0.1) is 5.92 Å². The summed E-state index contributed by atoms with van der Waals surface area (Å²) < 4.78 is 0. The molecule has 1 aliphatic carbocycles. The van der Waals surface area contributed by atoms with E-state index in [9.17, 15) is 9.90 Å². The number of aliphatic hydroxyl groups excluding tert-OH is 1. The van der Waals surface area contributed by atoms with E-state index in [1.165, 1.54) is 11.1 Å². The highest BCUT2D eigenvalue weighted by molar-refractivity contribution is 5.79. The number of benzene rings is 1. The van der Waals surface area contributed by atoms with Gasteiger partial charge in [-0.1, -0.05) is 24.3 Å². The first-order chi connectivity index (χ1) is 11.6. The van der Waals surface area contributed by atoms with Crippen molar-refractivity contribution in [2.75, 3.05) is 13.1 Å². The van der Waals surface area contributed by atoms with Gasteiger partial charge in [0.25, 0.3) is 0 Å². The van der Waals surface area contributed by atoms with Crippen LogP contribution in [0.15, 0.2) is 24.3 Å². The standard InChI is InChI=1S/C19H29N3O2/c20-17-6-5-14(11-17)19(24)21-12-15-3-1-2-4-16(15)13-22-9-7-18(23)8-10-22/h1-4,14,17-18,23H,5-13,20H2,(H,21,24). The summed E-state index contributed by atoms with van der Waals surface area (Å²) in [5, 5.41) is 12.7. The molecule has 132 valence electrons. The molecule has 2 aliphatic rings. The Kier molecular flexibility index (Phi) is 5.87. The predicted octanol–water partition coefficient (Wildman–Crippen LogP) is 1.39. The maximum Gasteiger partial charge on any atom is 0.223 e. The molecular weight excluding hydrogens is 302 g/mol. The molecule has 0 bridgehead atoms. The van der Waals surface area contributed by atoms with Crippen molar-refractivity contribution in [2.45, 2.75) is 57.3 Å². The van der Waals surface area contributed by atoms with Crippen LogP contribution in [-0.2, 0) is 17.9 Å². The van der Waals surface area contributed by atoms with Crippen molar-refractivity contribution >= 4 is 5.91 Å². The lowest BCUT2D eigenvalue weighted by Gasteiger charge is -2.30. The van der Waals surface area contributed by atoms with Gasteiger partial charge in [0.2, 0.25) is 5.91 Å². The Labute approximate surface area is 144 Å². The zero-order valence-electron chi connectivity index (χ0n) is 14.3. The Morgan fingerprint density at radius 3 is 2.54 bits per heavy atom. The topological polar surface area (TPSA) is 78.6 Å². The fraction of sp³-hybridized carbons (Fsp3) is 0.632. The van der Waals surface area contributed by atoms with E-state index >= 15 is 0 Å². The molecule has 1 aromatic carbocycles. The highest BCUT2D eigenvalue weighted by atomic mass is 16.3. The molecule has 1 aliphatic heterocycles. The first-order valence-corrected chi connectivity index (χ1v) is 9.12. The number of carbonyl (C=O) groups is 1. The number of amides is 1. The lowest BCUT2D eigenvalue weighted by molar-refractivity contribution is -0.125. The fourth-order valence-electron chi connectivity index (χ4n) is 3.78. The number of nitrogens with zero attached hydrogens (tertiary/aromatic N) is 1. The number of carbonyl (C=O) groups excluding carboxylic acids is 1. The normalized spacial score (nSPS) is 25.8. The van der Waals surface area contributed by atoms with Gasteiger partial charge in [0.05, 0.1) is 6.10 Å². The van der Waals surface area contributed by atoms with E-state index in [2.05, 4.69) is 28.4 Å². The largest absolute Gasteiger partial charge is 0.393 e. The number of rotatable bonds is 5. The van der Waals surface area contributed by atoms with Gasteiger partial charge in [0, 0.05) is 38.1 Å². The summed E-state index contributed by atoms with van der Waals surface area (Å²) in [7, 11) is 0. The highest BCUT2D eigenvalue weighted by Gasteiger charge is 2.27. The predicted molar refractivity (Wildman–Crippen MR) is 94.1 cm³/mol. The summed E-state index contributed by atoms with van der Waals surface area (Å²) in [5.41, 5.74) is 8.35. The number of nitrogens with two attached hydrogens (primary N) is 1. The molecule has 1 aromatic rings. The second-order valence-corrected chi connectivity index (χ2v) is 7.26. The molecule has 0 radical (unpaired) electrons. The van der Waals surface area contributed by atoms with Crippen molar-refractivity contribution in [3.8, 4) is 0 Å². The Hall–Kier alpha value is -1.43. The zero-order chi connectivity index (χ0) is 16.9. The summed E-state index contributed by atoms with van der Waals surface area (Å²) in [5.74, 6) is 0.217. The van der Waals surface area contributed by atoms with E-state index < -0.39 is 0 Å². The number of piperidine rings is 1. The number of hydrogen-bond acceptors (Lipinski definition) is 4. The van der Waals surface area contributed by atoms with E-state index in [4.69, 9.17) is 5.73 Å². The molecule has 5 heteroatoms. The number of hydrogen-bond donors (Lipinski definition) is 3. The molecule has 24 heavy (non-hydrogen) atoms. The molecule has 1 heterocycles. The molecular formula is C19H29N3O2. The molecule has 5 nitrogen and oxygen atoms in total. The lowest BCUT2D eigenvalue weighted by atomic mass is 10.0. The molecule has 2 fully saturated rings. The van der Waals surface area contributed by atoms with Crippen LogP contribution in [0.2, 0.25) is 0 Å². The third-order valence-electron chi connectivity index (χ3n) is 5.37. The summed E-state index contributed by atoms with van der Waals surface area (Å²) in [4.78, 5) is 14.7. The molecule has 2 unspecified atom stereocenters. The Bertz CT molecular complexity index is 555.